The van der Waals surface area contributed by atoms with Gasteiger partial charge in [0.1, 0.15) is 11.9 Å². The minimum Gasteiger partial charge on any atom is -0.367 e. The van der Waals surface area contributed by atoms with Crippen LogP contribution in [-0.4, -0.2) is 12.6 Å². The van der Waals surface area contributed by atoms with E-state index < -0.39 is 0 Å². The molecule has 1 aliphatic heterocycles. The summed E-state index contributed by atoms with van der Waals surface area (Å²) in [6, 6.07) is 6.97. The van der Waals surface area contributed by atoms with Crippen LogP contribution in [0.5, 0.6) is 0 Å². The fraction of sp³-hybridized carbons (Fsp3) is 0.500. The van der Waals surface area contributed by atoms with Gasteiger partial charge in [-0.15, -0.1) is 0 Å². The summed E-state index contributed by atoms with van der Waals surface area (Å²) in [6.07, 6.45) is 2.36. The molecule has 0 spiro atoms. The molecule has 1 aromatic carbocycles. The Hall–Kier alpha value is -1.56. The van der Waals surface area contributed by atoms with Gasteiger partial charge in [0, 0.05) is 12.6 Å². The number of hydrogen-bond donors (Lipinski definition) is 0. The smallest absolute Gasteiger partial charge is 0.124 e. The number of hydrogen-bond acceptors (Lipinski definition) is 2. The van der Waals surface area contributed by atoms with E-state index in [4.69, 9.17) is 5.26 Å². The third-order valence-corrected chi connectivity index (χ3v) is 3.76. The molecule has 0 aromatic heterocycles. The standard InChI is InChI=1S/C14H17FN2/c1-10-4-3-7-17(11(10)2)14-6-5-13(15)8-12(14)9-16/h5-6,8,10-11H,3-4,7H2,1-2H3. The first-order valence-electron chi connectivity index (χ1n) is 6.09. The lowest BCUT2D eigenvalue weighted by atomic mass is 9.91. The zero-order chi connectivity index (χ0) is 12.4. The van der Waals surface area contributed by atoms with Crippen molar-refractivity contribution in [3.63, 3.8) is 0 Å². The molecule has 1 aliphatic rings. The highest BCUT2D eigenvalue weighted by Crippen LogP contribution is 2.30. The van der Waals surface area contributed by atoms with E-state index in [0.717, 1.165) is 18.7 Å². The zero-order valence-corrected chi connectivity index (χ0v) is 10.3. The zero-order valence-electron chi connectivity index (χ0n) is 10.3. The van der Waals surface area contributed by atoms with Crippen molar-refractivity contribution >= 4 is 5.69 Å². The van der Waals surface area contributed by atoms with Crippen molar-refractivity contribution in [1.29, 1.82) is 5.26 Å². The molecule has 1 saturated heterocycles. The van der Waals surface area contributed by atoms with E-state index in [1.165, 1.54) is 18.6 Å². The third kappa shape index (κ3) is 2.26. The van der Waals surface area contributed by atoms with Crippen molar-refractivity contribution in [2.45, 2.75) is 32.7 Å². The van der Waals surface area contributed by atoms with Gasteiger partial charge in [-0.25, -0.2) is 4.39 Å². The van der Waals surface area contributed by atoms with Crippen LogP contribution >= 0.6 is 0 Å². The largest absolute Gasteiger partial charge is 0.367 e. The van der Waals surface area contributed by atoms with E-state index in [9.17, 15) is 4.39 Å². The van der Waals surface area contributed by atoms with E-state index in [-0.39, 0.29) is 5.82 Å². The van der Waals surface area contributed by atoms with Crippen molar-refractivity contribution in [2.75, 3.05) is 11.4 Å². The minimum absolute atomic E-state index is 0.344. The van der Waals surface area contributed by atoms with Crippen LogP contribution < -0.4 is 4.90 Å². The molecule has 0 amide bonds. The Bertz CT molecular complexity index is 450. The molecule has 1 fully saturated rings. The van der Waals surface area contributed by atoms with Crippen LogP contribution in [0.3, 0.4) is 0 Å². The molecule has 0 N–H and O–H groups in total. The Morgan fingerprint density at radius 3 is 2.88 bits per heavy atom. The highest BCUT2D eigenvalue weighted by atomic mass is 19.1. The predicted octanol–water partition coefficient (Wildman–Crippen LogP) is 3.32. The second kappa shape index (κ2) is 4.75. The van der Waals surface area contributed by atoms with Crippen molar-refractivity contribution in [3.8, 4) is 6.07 Å². The van der Waals surface area contributed by atoms with Gasteiger partial charge in [-0.3, -0.25) is 0 Å². The average Bonchev–Trinajstić information content (AvgIpc) is 2.33. The number of anilines is 1. The van der Waals surface area contributed by atoms with E-state index >= 15 is 0 Å². The third-order valence-electron chi connectivity index (χ3n) is 3.76. The van der Waals surface area contributed by atoms with E-state index in [1.54, 1.807) is 6.07 Å². The van der Waals surface area contributed by atoms with Gasteiger partial charge in [-0.05, 0) is 43.9 Å². The lowest BCUT2D eigenvalue weighted by Gasteiger charge is -2.40. The fourth-order valence-electron chi connectivity index (χ4n) is 2.52. The summed E-state index contributed by atoms with van der Waals surface area (Å²) in [5.74, 6) is 0.267. The summed E-state index contributed by atoms with van der Waals surface area (Å²) in [6.45, 7) is 5.35. The van der Waals surface area contributed by atoms with Crippen LogP contribution in [-0.2, 0) is 0 Å². The molecule has 2 unspecified atom stereocenters. The Kier molecular flexibility index (Phi) is 3.33. The summed E-state index contributed by atoms with van der Waals surface area (Å²) in [5.41, 5.74) is 1.30. The van der Waals surface area contributed by atoms with Gasteiger partial charge in [-0.1, -0.05) is 6.92 Å². The molecule has 3 heteroatoms. The molecule has 90 valence electrons. The summed E-state index contributed by atoms with van der Waals surface area (Å²) < 4.78 is 13.1. The van der Waals surface area contributed by atoms with Gasteiger partial charge < -0.3 is 4.90 Å². The quantitative estimate of drug-likeness (QED) is 0.742. The van der Waals surface area contributed by atoms with Gasteiger partial charge >= 0.3 is 0 Å². The molecule has 1 aromatic rings. The molecule has 17 heavy (non-hydrogen) atoms. The Morgan fingerprint density at radius 1 is 1.41 bits per heavy atom. The number of benzene rings is 1. The molecule has 2 atom stereocenters. The normalized spacial score (nSPS) is 24.5. The number of nitrogens with zero attached hydrogens (tertiary/aromatic N) is 2. The Balaban J connectivity index is 2.36. The molecule has 1 heterocycles. The summed E-state index contributed by atoms with van der Waals surface area (Å²) >= 11 is 0. The first kappa shape index (κ1) is 11.9. The number of piperidine rings is 1. The van der Waals surface area contributed by atoms with Crippen molar-refractivity contribution in [3.05, 3.63) is 29.6 Å². The maximum absolute atomic E-state index is 13.1. The SMILES string of the molecule is CC1CCCN(c2ccc(F)cc2C#N)C1C. The van der Waals surface area contributed by atoms with Gasteiger partial charge in [-0.2, -0.15) is 5.26 Å². The van der Waals surface area contributed by atoms with Crippen LogP contribution in [0, 0.1) is 23.1 Å². The van der Waals surface area contributed by atoms with Crippen LogP contribution in [0.4, 0.5) is 10.1 Å². The van der Waals surface area contributed by atoms with E-state index in [2.05, 4.69) is 24.8 Å². The first-order chi connectivity index (χ1) is 8.13. The van der Waals surface area contributed by atoms with E-state index in [1.807, 2.05) is 0 Å². The topological polar surface area (TPSA) is 27.0 Å². The first-order valence-corrected chi connectivity index (χ1v) is 6.09. The highest BCUT2D eigenvalue weighted by Gasteiger charge is 2.26. The van der Waals surface area contributed by atoms with Crippen molar-refractivity contribution in [2.24, 2.45) is 5.92 Å². The lowest BCUT2D eigenvalue weighted by molar-refractivity contribution is 0.363. The molecular formula is C14H17FN2. The monoisotopic (exact) mass is 232 g/mol. The molecule has 0 bridgehead atoms. The number of nitriles is 1. The maximum atomic E-state index is 13.1. The van der Waals surface area contributed by atoms with Crippen LogP contribution in [0.15, 0.2) is 18.2 Å². The summed E-state index contributed by atoms with van der Waals surface area (Å²) in [4.78, 5) is 2.23. The van der Waals surface area contributed by atoms with Crippen molar-refractivity contribution in [1.82, 2.24) is 0 Å². The average molecular weight is 232 g/mol. The summed E-state index contributed by atoms with van der Waals surface area (Å²) in [5, 5.41) is 9.08. The minimum atomic E-state index is -0.344. The van der Waals surface area contributed by atoms with Gasteiger partial charge in [0.15, 0.2) is 0 Å². The van der Waals surface area contributed by atoms with Gasteiger partial charge in [0.2, 0.25) is 0 Å². The molecule has 0 radical (unpaired) electrons. The number of rotatable bonds is 1. The Labute approximate surface area is 102 Å². The molecule has 2 rings (SSSR count). The molecule has 0 saturated carbocycles. The fourth-order valence-corrected chi connectivity index (χ4v) is 2.52. The van der Waals surface area contributed by atoms with Crippen LogP contribution in [0.25, 0.3) is 0 Å². The summed E-state index contributed by atoms with van der Waals surface area (Å²) in [7, 11) is 0. The Morgan fingerprint density at radius 2 is 2.18 bits per heavy atom. The van der Waals surface area contributed by atoms with Crippen LogP contribution in [0.1, 0.15) is 32.3 Å². The van der Waals surface area contributed by atoms with E-state index in [0.29, 0.717) is 17.5 Å². The van der Waals surface area contributed by atoms with Gasteiger partial charge in [0.05, 0.1) is 11.3 Å². The molecular weight excluding hydrogens is 215 g/mol. The molecule has 2 nitrogen and oxygen atoms in total. The second-order valence-electron chi connectivity index (χ2n) is 4.83. The predicted molar refractivity (Wildman–Crippen MR) is 66.3 cm³/mol. The number of halogens is 1. The van der Waals surface area contributed by atoms with Gasteiger partial charge in [0.25, 0.3) is 0 Å². The lowest BCUT2D eigenvalue weighted by Crippen LogP contribution is -2.42. The molecule has 0 aliphatic carbocycles. The van der Waals surface area contributed by atoms with Crippen LogP contribution in [0.2, 0.25) is 0 Å². The highest BCUT2D eigenvalue weighted by molar-refractivity contribution is 5.60. The van der Waals surface area contributed by atoms with Crippen molar-refractivity contribution < 1.29 is 4.39 Å². The maximum Gasteiger partial charge on any atom is 0.124 e. The second-order valence-corrected chi connectivity index (χ2v) is 4.83.